The van der Waals surface area contributed by atoms with Crippen LogP contribution in [0.1, 0.15) is 29.9 Å². The molecule has 110 valence electrons. The molecular formula is C13H14N4O4. The number of nitro benzene ring substituents is 1. The third-order valence-electron chi connectivity index (χ3n) is 3.40. The first kappa shape index (κ1) is 14.6. The number of aromatic nitrogens is 2. The highest BCUT2D eigenvalue weighted by molar-refractivity contribution is 5.41. The summed E-state index contributed by atoms with van der Waals surface area (Å²) < 4.78 is 1.52. The first-order chi connectivity index (χ1) is 9.82. The van der Waals surface area contributed by atoms with Crippen molar-refractivity contribution in [2.24, 2.45) is 0 Å². The Kier molecular flexibility index (Phi) is 3.70. The van der Waals surface area contributed by atoms with Crippen molar-refractivity contribution in [1.29, 1.82) is 0 Å². The lowest BCUT2D eigenvalue weighted by Crippen LogP contribution is -2.10. The second-order valence-electron chi connectivity index (χ2n) is 4.75. The molecule has 0 aliphatic rings. The van der Waals surface area contributed by atoms with Gasteiger partial charge in [-0.25, -0.2) is 0 Å². The maximum Gasteiger partial charge on any atom is 0.312 e. The highest BCUT2D eigenvalue weighted by Crippen LogP contribution is 2.28. The van der Waals surface area contributed by atoms with Gasteiger partial charge in [-0.2, -0.15) is 5.10 Å². The van der Waals surface area contributed by atoms with E-state index in [-0.39, 0.29) is 17.4 Å². The molecule has 21 heavy (non-hydrogen) atoms. The fraction of sp³-hybridized carbons (Fsp3) is 0.308. The van der Waals surface area contributed by atoms with Crippen molar-refractivity contribution in [3.8, 4) is 0 Å². The van der Waals surface area contributed by atoms with E-state index in [9.17, 15) is 20.2 Å². The minimum Gasteiger partial charge on any atom is -0.258 e. The summed E-state index contributed by atoms with van der Waals surface area (Å²) in [5, 5.41) is 26.0. The number of aryl methyl sites for hydroxylation is 1. The number of hydrogen-bond acceptors (Lipinski definition) is 5. The van der Waals surface area contributed by atoms with Crippen LogP contribution in [0.15, 0.2) is 24.3 Å². The third-order valence-corrected chi connectivity index (χ3v) is 3.40. The van der Waals surface area contributed by atoms with E-state index in [1.807, 2.05) is 0 Å². The molecule has 0 bridgehead atoms. The van der Waals surface area contributed by atoms with E-state index in [1.54, 1.807) is 32.9 Å². The Morgan fingerprint density at radius 3 is 2.38 bits per heavy atom. The van der Waals surface area contributed by atoms with E-state index >= 15 is 0 Å². The zero-order valence-electron chi connectivity index (χ0n) is 11.8. The highest BCUT2D eigenvalue weighted by Gasteiger charge is 2.25. The Balaban J connectivity index is 2.48. The van der Waals surface area contributed by atoms with E-state index in [1.165, 1.54) is 16.8 Å². The van der Waals surface area contributed by atoms with E-state index < -0.39 is 9.85 Å². The summed E-state index contributed by atoms with van der Waals surface area (Å²) in [5.74, 6) is 0. The van der Waals surface area contributed by atoms with Gasteiger partial charge in [0.05, 0.1) is 15.9 Å². The number of rotatable bonds is 4. The second kappa shape index (κ2) is 5.31. The van der Waals surface area contributed by atoms with Gasteiger partial charge in [0.2, 0.25) is 0 Å². The van der Waals surface area contributed by atoms with Crippen LogP contribution in [0.5, 0.6) is 0 Å². The van der Waals surface area contributed by atoms with Crippen LogP contribution in [0.2, 0.25) is 0 Å². The molecule has 0 spiro atoms. The van der Waals surface area contributed by atoms with Crippen LogP contribution < -0.4 is 0 Å². The van der Waals surface area contributed by atoms with Gasteiger partial charge >= 0.3 is 5.69 Å². The standard InChI is InChI=1S/C13H14N4O4/c1-8-13(17(20)21)10(3)15(14-8)9(2)11-5-4-6-12(7-11)16(18)19/h4-7,9H,1-3H3/t9-/m0/s1. The van der Waals surface area contributed by atoms with Gasteiger partial charge in [-0.3, -0.25) is 24.9 Å². The summed E-state index contributed by atoms with van der Waals surface area (Å²) >= 11 is 0. The summed E-state index contributed by atoms with van der Waals surface area (Å²) in [6, 6.07) is 5.84. The molecule has 2 rings (SSSR count). The van der Waals surface area contributed by atoms with Crippen LogP contribution in [0.25, 0.3) is 0 Å². The molecule has 0 aliphatic heterocycles. The third kappa shape index (κ3) is 2.60. The lowest BCUT2D eigenvalue weighted by molar-refractivity contribution is -0.386. The van der Waals surface area contributed by atoms with Crippen molar-refractivity contribution in [3.63, 3.8) is 0 Å². The van der Waals surface area contributed by atoms with E-state index in [0.717, 1.165) is 0 Å². The molecule has 0 fully saturated rings. The van der Waals surface area contributed by atoms with Crippen LogP contribution >= 0.6 is 0 Å². The average molecular weight is 290 g/mol. The zero-order valence-corrected chi connectivity index (χ0v) is 11.8. The molecular weight excluding hydrogens is 276 g/mol. The molecule has 2 aromatic rings. The van der Waals surface area contributed by atoms with Crippen LogP contribution in [-0.4, -0.2) is 19.6 Å². The van der Waals surface area contributed by atoms with Crippen molar-refractivity contribution in [2.45, 2.75) is 26.8 Å². The van der Waals surface area contributed by atoms with Gasteiger partial charge in [-0.05, 0) is 26.3 Å². The van der Waals surface area contributed by atoms with Crippen molar-refractivity contribution in [3.05, 3.63) is 61.4 Å². The Bertz CT molecular complexity index is 723. The number of nitrogens with zero attached hydrogens (tertiary/aromatic N) is 4. The van der Waals surface area contributed by atoms with Crippen LogP contribution in [0.3, 0.4) is 0 Å². The normalized spacial score (nSPS) is 12.1. The predicted octanol–water partition coefficient (Wildman–Crippen LogP) is 2.93. The lowest BCUT2D eigenvalue weighted by Gasteiger charge is -2.14. The fourth-order valence-electron chi connectivity index (χ4n) is 2.33. The lowest BCUT2D eigenvalue weighted by atomic mass is 10.1. The smallest absolute Gasteiger partial charge is 0.258 e. The van der Waals surface area contributed by atoms with Gasteiger partial charge in [0.25, 0.3) is 5.69 Å². The predicted molar refractivity (Wildman–Crippen MR) is 75.3 cm³/mol. The highest BCUT2D eigenvalue weighted by atomic mass is 16.6. The molecule has 0 amide bonds. The van der Waals surface area contributed by atoms with E-state index in [0.29, 0.717) is 17.0 Å². The van der Waals surface area contributed by atoms with Crippen molar-refractivity contribution >= 4 is 11.4 Å². The van der Waals surface area contributed by atoms with Gasteiger partial charge < -0.3 is 0 Å². The molecule has 1 atom stereocenters. The monoisotopic (exact) mass is 290 g/mol. The number of benzene rings is 1. The molecule has 8 nitrogen and oxygen atoms in total. The van der Waals surface area contributed by atoms with Gasteiger partial charge in [0, 0.05) is 12.1 Å². The first-order valence-electron chi connectivity index (χ1n) is 6.27. The van der Waals surface area contributed by atoms with Crippen LogP contribution in [0, 0.1) is 34.1 Å². The summed E-state index contributed by atoms with van der Waals surface area (Å²) in [6.07, 6.45) is 0. The molecule has 0 N–H and O–H groups in total. The molecule has 0 saturated heterocycles. The maximum absolute atomic E-state index is 11.0. The van der Waals surface area contributed by atoms with Crippen LogP contribution in [-0.2, 0) is 0 Å². The van der Waals surface area contributed by atoms with Gasteiger partial charge in [-0.1, -0.05) is 12.1 Å². The number of nitro groups is 2. The SMILES string of the molecule is Cc1nn([C@@H](C)c2cccc([N+](=O)[O-])c2)c(C)c1[N+](=O)[O-]. The Morgan fingerprint density at radius 2 is 1.86 bits per heavy atom. The maximum atomic E-state index is 11.0. The van der Waals surface area contributed by atoms with Crippen molar-refractivity contribution in [2.75, 3.05) is 0 Å². The summed E-state index contributed by atoms with van der Waals surface area (Å²) in [7, 11) is 0. The molecule has 0 saturated carbocycles. The summed E-state index contributed by atoms with van der Waals surface area (Å²) in [4.78, 5) is 20.9. The van der Waals surface area contributed by atoms with Crippen LogP contribution in [0.4, 0.5) is 11.4 Å². The minimum atomic E-state index is -0.472. The molecule has 0 radical (unpaired) electrons. The minimum absolute atomic E-state index is 0.0182. The topological polar surface area (TPSA) is 104 Å². The molecule has 1 heterocycles. The molecule has 8 heteroatoms. The van der Waals surface area contributed by atoms with Gasteiger partial charge in [0.1, 0.15) is 11.4 Å². The number of hydrogen-bond donors (Lipinski definition) is 0. The molecule has 0 unspecified atom stereocenters. The quantitative estimate of drug-likeness (QED) is 0.636. The van der Waals surface area contributed by atoms with Crippen molar-refractivity contribution < 1.29 is 9.85 Å². The average Bonchev–Trinajstić information content (AvgIpc) is 2.73. The second-order valence-corrected chi connectivity index (χ2v) is 4.75. The zero-order chi connectivity index (χ0) is 15.7. The Labute approximate surface area is 120 Å². The molecule has 0 aliphatic carbocycles. The molecule has 1 aromatic carbocycles. The Hall–Kier alpha value is -2.77. The summed E-state index contributed by atoms with van der Waals surface area (Å²) in [6.45, 7) is 4.98. The Morgan fingerprint density at radius 1 is 1.19 bits per heavy atom. The van der Waals surface area contributed by atoms with Gasteiger partial charge in [-0.15, -0.1) is 0 Å². The number of non-ortho nitro benzene ring substituents is 1. The van der Waals surface area contributed by atoms with E-state index in [2.05, 4.69) is 5.10 Å². The summed E-state index contributed by atoms with van der Waals surface area (Å²) in [5.41, 5.74) is 1.39. The largest absolute Gasteiger partial charge is 0.312 e. The van der Waals surface area contributed by atoms with E-state index in [4.69, 9.17) is 0 Å². The molecule has 1 aromatic heterocycles. The first-order valence-corrected chi connectivity index (χ1v) is 6.27. The van der Waals surface area contributed by atoms with Gasteiger partial charge in [0.15, 0.2) is 0 Å². The fourth-order valence-corrected chi connectivity index (χ4v) is 2.33. The van der Waals surface area contributed by atoms with Crippen molar-refractivity contribution in [1.82, 2.24) is 9.78 Å².